The lowest BCUT2D eigenvalue weighted by molar-refractivity contribution is -0.139. The molecule has 0 aliphatic carbocycles. The van der Waals surface area contributed by atoms with Crippen molar-refractivity contribution in [3.63, 3.8) is 0 Å². The van der Waals surface area contributed by atoms with E-state index < -0.39 is 12.0 Å². The van der Waals surface area contributed by atoms with Crippen molar-refractivity contribution in [3.8, 4) is 11.5 Å². The molecule has 0 amide bonds. The number of rotatable bonds is 8. The SMILES string of the molecule is CCOC(=O)C1=C(C)N=c2s/c(=C\c3cc(Br)cc(OC)c3OCc3ccc(Br)cc3)c(=O)n2[C@H]1c1ccc(C)cc1. The van der Waals surface area contributed by atoms with Crippen LogP contribution in [0, 0.1) is 6.92 Å². The monoisotopic (exact) mass is 710 g/mol. The van der Waals surface area contributed by atoms with Crippen LogP contribution in [0.5, 0.6) is 11.5 Å². The lowest BCUT2D eigenvalue weighted by Gasteiger charge is -2.24. The van der Waals surface area contributed by atoms with E-state index in [1.54, 1.807) is 31.6 Å². The molecule has 0 fully saturated rings. The first-order chi connectivity index (χ1) is 20.2. The van der Waals surface area contributed by atoms with Crippen molar-refractivity contribution in [2.24, 2.45) is 4.99 Å². The highest BCUT2D eigenvalue weighted by Gasteiger charge is 2.33. The lowest BCUT2D eigenvalue weighted by Crippen LogP contribution is -2.39. The second-order valence-corrected chi connectivity index (χ2v) is 12.5. The van der Waals surface area contributed by atoms with Crippen molar-refractivity contribution in [3.05, 3.63) is 123 Å². The van der Waals surface area contributed by atoms with Crippen LogP contribution in [0.15, 0.2) is 90.7 Å². The molecular formula is C32H28Br2N2O5S. The summed E-state index contributed by atoms with van der Waals surface area (Å²) in [6.45, 7) is 6.05. The molecule has 1 aromatic heterocycles. The number of aromatic nitrogens is 1. The molecule has 7 nitrogen and oxygen atoms in total. The maximum atomic E-state index is 14.1. The minimum atomic E-state index is -0.673. The molecule has 0 radical (unpaired) electrons. The van der Waals surface area contributed by atoms with Crippen LogP contribution in [0.25, 0.3) is 6.08 Å². The first kappa shape index (κ1) is 30.0. The van der Waals surface area contributed by atoms with Crippen LogP contribution in [0.3, 0.4) is 0 Å². The first-order valence-corrected chi connectivity index (χ1v) is 15.6. The standard InChI is InChI=1S/C32H28Br2N2O5S/c1-5-40-31(38)27-19(3)35-32-36(28(27)21-10-6-18(2)7-11-21)30(37)26(42-32)15-22-14-24(34)16-25(39-4)29(22)41-17-20-8-12-23(33)13-9-20/h6-16,28H,5,17H2,1-4H3/b26-15-/t28-/m0/s1. The Balaban J connectivity index is 1.66. The van der Waals surface area contributed by atoms with Gasteiger partial charge in [-0.05, 0) is 62.2 Å². The van der Waals surface area contributed by atoms with E-state index in [-0.39, 0.29) is 12.2 Å². The molecule has 10 heteroatoms. The average molecular weight is 712 g/mol. The Labute approximate surface area is 264 Å². The van der Waals surface area contributed by atoms with Gasteiger partial charge in [0.25, 0.3) is 5.56 Å². The number of hydrogen-bond donors (Lipinski definition) is 0. The summed E-state index contributed by atoms with van der Waals surface area (Å²) in [4.78, 5) is 32.4. The Morgan fingerprint density at radius 1 is 1.05 bits per heavy atom. The van der Waals surface area contributed by atoms with Gasteiger partial charge in [0, 0.05) is 14.5 Å². The topological polar surface area (TPSA) is 79.1 Å². The molecule has 2 heterocycles. The van der Waals surface area contributed by atoms with Gasteiger partial charge >= 0.3 is 5.97 Å². The smallest absolute Gasteiger partial charge is 0.338 e. The second kappa shape index (κ2) is 12.8. The van der Waals surface area contributed by atoms with Gasteiger partial charge in [0.2, 0.25) is 0 Å². The van der Waals surface area contributed by atoms with Crippen LogP contribution >= 0.6 is 43.2 Å². The van der Waals surface area contributed by atoms with Crippen molar-refractivity contribution in [2.75, 3.05) is 13.7 Å². The number of ether oxygens (including phenoxy) is 3. The summed E-state index contributed by atoms with van der Waals surface area (Å²) in [7, 11) is 1.58. The van der Waals surface area contributed by atoms with E-state index >= 15 is 0 Å². The number of benzene rings is 3. The van der Waals surface area contributed by atoms with E-state index in [4.69, 9.17) is 14.2 Å². The number of halogens is 2. The number of methoxy groups -OCH3 is 1. The fraction of sp³-hybridized carbons (Fsp3) is 0.219. The molecule has 0 unspecified atom stereocenters. The molecule has 0 spiro atoms. The average Bonchev–Trinajstić information content (AvgIpc) is 3.26. The number of allylic oxidation sites excluding steroid dienone is 1. The molecule has 216 valence electrons. The van der Waals surface area contributed by atoms with Crippen LogP contribution in [0.1, 0.15) is 42.1 Å². The Morgan fingerprint density at radius 3 is 2.43 bits per heavy atom. The van der Waals surface area contributed by atoms with E-state index in [2.05, 4.69) is 36.9 Å². The van der Waals surface area contributed by atoms with Gasteiger partial charge in [-0.3, -0.25) is 9.36 Å². The summed E-state index contributed by atoms with van der Waals surface area (Å²) in [5.41, 5.74) is 4.12. The highest BCUT2D eigenvalue weighted by atomic mass is 79.9. The largest absolute Gasteiger partial charge is 0.493 e. The van der Waals surface area contributed by atoms with Gasteiger partial charge in [-0.15, -0.1) is 0 Å². The minimum Gasteiger partial charge on any atom is -0.493 e. The maximum Gasteiger partial charge on any atom is 0.338 e. The fourth-order valence-corrected chi connectivity index (χ4v) is 6.49. The number of esters is 1. The summed E-state index contributed by atoms with van der Waals surface area (Å²) in [5.74, 6) is 0.547. The molecular weight excluding hydrogens is 684 g/mol. The number of fused-ring (bicyclic) bond motifs is 1. The van der Waals surface area contributed by atoms with E-state index in [1.165, 1.54) is 11.3 Å². The van der Waals surface area contributed by atoms with Gasteiger partial charge in [-0.2, -0.15) is 0 Å². The second-order valence-electron chi connectivity index (χ2n) is 9.65. The zero-order valence-electron chi connectivity index (χ0n) is 23.4. The summed E-state index contributed by atoms with van der Waals surface area (Å²) >= 11 is 8.27. The molecule has 1 aliphatic heterocycles. The Morgan fingerprint density at radius 2 is 1.76 bits per heavy atom. The van der Waals surface area contributed by atoms with Crippen LogP contribution in [0.4, 0.5) is 0 Å². The minimum absolute atomic E-state index is 0.217. The van der Waals surface area contributed by atoms with Gasteiger partial charge in [0.15, 0.2) is 16.3 Å². The fourth-order valence-electron chi connectivity index (χ4n) is 4.74. The molecule has 0 N–H and O–H groups in total. The zero-order valence-corrected chi connectivity index (χ0v) is 27.4. The van der Waals surface area contributed by atoms with Crippen molar-refractivity contribution in [1.29, 1.82) is 0 Å². The summed E-state index contributed by atoms with van der Waals surface area (Å²) < 4.78 is 21.1. The predicted octanol–water partition coefficient (Wildman–Crippen LogP) is 6.22. The highest BCUT2D eigenvalue weighted by molar-refractivity contribution is 9.10. The third-order valence-electron chi connectivity index (χ3n) is 6.76. The van der Waals surface area contributed by atoms with Gasteiger partial charge in [-0.1, -0.05) is 85.2 Å². The van der Waals surface area contributed by atoms with Gasteiger partial charge in [0.1, 0.15) is 6.61 Å². The van der Waals surface area contributed by atoms with E-state index in [0.29, 0.717) is 44.3 Å². The molecule has 0 bridgehead atoms. The van der Waals surface area contributed by atoms with Crippen LogP contribution in [-0.2, 0) is 16.1 Å². The van der Waals surface area contributed by atoms with Crippen LogP contribution in [-0.4, -0.2) is 24.3 Å². The molecule has 0 saturated carbocycles. The molecule has 0 saturated heterocycles. The Kier molecular flexibility index (Phi) is 9.15. The van der Waals surface area contributed by atoms with Gasteiger partial charge in [0.05, 0.1) is 35.6 Å². The third-order valence-corrected chi connectivity index (χ3v) is 8.73. The summed E-state index contributed by atoms with van der Waals surface area (Å²) in [6, 6.07) is 18.7. The molecule has 3 aromatic carbocycles. The molecule has 1 atom stereocenters. The van der Waals surface area contributed by atoms with Crippen molar-refractivity contribution in [1.82, 2.24) is 4.57 Å². The van der Waals surface area contributed by atoms with Gasteiger partial charge in [-0.25, -0.2) is 9.79 Å². The molecule has 5 rings (SSSR count). The quantitative estimate of drug-likeness (QED) is 0.203. The Bertz CT molecular complexity index is 1860. The normalized spacial score (nSPS) is 14.8. The van der Waals surface area contributed by atoms with Crippen molar-refractivity contribution < 1.29 is 19.0 Å². The Hall–Kier alpha value is -3.47. The van der Waals surface area contributed by atoms with Gasteiger partial charge < -0.3 is 14.2 Å². The summed E-state index contributed by atoms with van der Waals surface area (Å²) in [5, 5.41) is 0. The number of nitrogens with zero attached hydrogens (tertiary/aromatic N) is 2. The van der Waals surface area contributed by atoms with Crippen molar-refractivity contribution >= 4 is 55.2 Å². The molecule has 42 heavy (non-hydrogen) atoms. The summed E-state index contributed by atoms with van der Waals surface area (Å²) in [6.07, 6.45) is 1.78. The lowest BCUT2D eigenvalue weighted by atomic mass is 9.95. The van der Waals surface area contributed by atoms with Crippen LogP contribution in [0.2, 0.25) is 0 Å². The number of aryl methyl sites for hydroxylation is 1. The maximum absolute atomic E-state index is 14.1. The van der Waals surface area contributed by atoms with Crippen LogP contribution < -0.4 is 24.4 Å². The first-order valence-electron chi connectivity index (χ1n) is 13.2. The number of carbonyl (C=O) groups excluding carboxylic acids is 1. The molecule has 1 aliphatic rings. The van der Waals surface area contributed by atoms with Crippen molar-refractivity contribution in [2.45, 2.75) is 33.4 Å². The predicted molar refractivity (Wildman–Crippen MR) is 171 cm³/mol. The number of carbonyl (C=O) groups is 1. The highest BCUT2D eigenvalue weighted by Crippen LogP contribution is 2.36. The van der Waals surface area contributed by atoms with E-state index in [9.17, 15) is 9.59 Å². The van der Waals surface area contributed by atoms with E-state index in [1.807, 2.05) is 67.6 Å². The van der Waals surface area contributed by atoms with E-state index in [0.717, 1.165) is 25.6 Å². The zero-order chi connectivity index (χ0) is 30.0. The molecule has 4 aromatic rings. The number of thiazole rings is 1. The number of hydrogen-bond acceptors (Lipinski definition) is 7. The third kappa shape index (κ3) is 6.16.